The van der Waals surface area contributed by atoms with Crippen LogP contribution in [-0.2, 0) is 10.0 Å². The number of carbonyl (C=O) groups is 1. The molecule has 0 aliphatic rings. The highest BCUT2D eigenvalue weighted by Crippen LogP contribution is 2.27. The predicted molar refractivity (Wildman–Crippen MR) is 88.1 cm³/mol. The third-order valence-corrected chi connectivity index (χ3v) is 5.20. The normalized spacial score (nSPS) is 11.2. The number of benzene rings is 2. The van der Waals surface area contributed by atoms with Gasteiger partial charge in [0.05, 0.1) is 21.2 Å². The van der Waals surface area contributed by atoms with Crippen LogP contribution in [0.5, 0.6) is 0 Å². The third-order valence-electron chi connectivity index (χ3n) is 2.85. The molecule has 2 aromatic carbocycles. The van der Waals surface area contributed by atoms with Gasteiger partial charge in [-0.05, 0) is 58.7 Å². The lowest BCUT2D eigenvalue weighted by atomic mass is 10.2. The van der Waals surface area contributed by atoms with Gasteiger partial charge in [-0.2, -0.15) is 0 Å². The first-order valence-electron chi connectivity index (χ1n) is 6.02. The topological polar surface area (TPSA) is 83.5 Å². The molecular formula is C14H11BrClNO4S. The Morgan fingerprint density at radius 1 is 1.23 bits per heavy atom. The summed E-state index contributed by atoms with van der Waals surface area (Å²) < 4.78 is 27.7. The molecule has 0 heterocycles. The molecule has 0 radical (unpaired) electrons. The van der Waals surface area contributed by atoms with E-state index in [1.54, 1.807) is 18.2 Å². The number of hydrogen-bond acceptors (Lipinski definition) is 3. The number of hydrogen-bond donors (Lipinski definition) is 2. The van der Waals surface area contributed by atoms with Gasteiger partial charge in [-0.15, -0.1) is 0 Å². The zero-order valence-electron chi connectivity index (χ0n) is 11.3. The van der Waals surface area contributed by atoms with Crippen molar-refractivity contribution in [3.63, 3.8) is 0 Å². The fraction of sp³-hybridized carbons (Fsp3) is 0.0714. The maximum Gasteiger partial charge on any atom is 0.337 e. The van der Waals surface area contributed by atoms with E-state index in [1.165, 1.54) is 12.1 Å². The summed E-state index contributed by atoms with van der Waals surface area (Å²) in [5.41, 5.74) is 1.06. The molecule has 0 aromatic heterocycles. The van der Waals surface area contributed by atoms with Crippen LogP contribution >= 0.6 is 27.5 Å². The molecule has 0 aliphatic carbocycles. The first-order valence-corrected chi connectivity index (χ1v) is 8.68. The van der Waals surface area contributed by atoms with Crippen LogP contribution in [0.1, 0.15) is 15.9 Å². The van der Waals surface area contributed by atoms with Gasteiger partial charge < -0.3 is 5.11 Å². The highest BCUT2D eigenvalue weighted by atomic mass is 79.9. The Bertz CT molecular complexity index is 852. The van der Waals surface area contributed by atoms with Crippen LogP contribution in [-0.4, -0.2) is 19.5 Å². The Balaban J connectivity index is 2.42. The van der Waals surface area contributed by atoms with Crippen LogP contribution in [0.2, 0.25) is 5.02 Å². The number of aromatic carboxylic acids is 1. The predicted octanol–water partition coefficient (Wildman–Crippen LogP) is 3.91. The minimum Gasteiger partial charge on any atom is -0.478 e. The number of carboxylic acids is 1. The van der Waals surface area contributed by atoms with Gasteiger partial charge in [0.25, 0.3) is 10.0 Å². The number of nitrogens with one attached hydrogen (secondary N) is 1. The molecular weight excluding hydrogens is 394 g/mol. The van der Waals surface area contributed by atoms with Gasteiger partial charge in [0.15, 0.2) is 0 Å². The number of aryl methyl sites for hydroxylation is 1. The molecule has 2 rings (SSSR count). The first kappa shape index (κ1) is 16.8. The summed E-state index contributed by atoms with van der Waals surface area (Å²) in [6, 6.07) is 8.65. The smallest absolute Gasteiger partial charge is 0.337 e. The summed E-state index contributed by atoms with van der Waals surface area (Å²) in [7, 11) is -3.92. The first-order chi connectivity index (χ1) is 10.2. The van der Waals surface area contributed by atoms with Crippen LogP contribution in [0, 0.1) is 6.92 Å². The summed E-state index contributed by atoms with van der Waals surface area (Å²) in [5.74, 6) is -1.29. The Kier molecular flexibility index (Phi) is 4.79. The quantitative estimate of drug-likeness (QED) is 0.809. The lowest BCUT2D eigenvalue weighted by Crippen LogP contribution is -2.14. The Morgan fingerprint density at radius 3 is 2.50 bits per heavy atom. The lowest BCUT2D eigenvalue weighted by molar-refractivity contribution is 0.0697. The van der Waals surface area contributed by atoms with Gasteiger partial charge >= 0.3 is 5.97 Å². The summed E-state index contributed by atoms with van der Waals surface area (Å²) in [5, 5.41) is 8.99. The molecule has 116 valence electrons. The van der Waals surface area contributed by atoms with Gasteiger partial charge in [-0.3, -0.25) is 4.72 Å². The van der Waals surface area contributed by atoms with Crippen molar-refractivity contribution < 1.29 is 18.3 Å². The summed E-state index contributed by atoms with van der Waals surface area (Å²) in [4.78, 5) is 10.9. The van der Waals surface area contributed by atoms with Gasteiger partial charge in [-0.1, -0.05) is 17.7 Å². The van der Waals surface area contributed by atoms with Crippen LogP contribution in [0.15, 0.2) is 45.8 Å². The second-order valence-electron chi connectivity index (χ2n) is 4.54. The number of carboxylic acid groups (broad SMARTS) is 1. The third kappa shape index (κ3) is 3.60. The average Bonchev–Trinajstić information content (AvgIpc) is 2.42. The molecule has 0 saturated heterocycles. The summed E-state index contributed by atoms with van der Waals surface area (Å²) >= 11 is 9.02. The largest absolute Gasteiger partial charge is 0.478 e. The Morgan fingerprint density at radius 2 is 1.91 bits per heavy atom. The van der Waals surface area contributed by atoms with Crippen LogP contribution in [0.3, 0.4) is 0 Å². The zero-order chi connectivity index (χ0) is 16.5. The minimum absolute atomic E-state index is 0.0250. The highest BCUT2D eigenvalue weighted by molar-refractivity contribution is 9.10. The van der Waals surface area contributed by atoms with E-state index in [-0.39, 0.29) is 15.5 Å². The van der Waals surface area contributed by atoms with E-state index in [4.69, 9.17) is 16.7 Å². The van der Waals surface area contributed by atoms with Gasteiger partial charge in [0.2, 0.25) is 0 Å². The molecule has 0 saturated carbocycles. The molecule has 0 aliphatic heterocycles. The fourth-order valence-electron chi connectivity index (χ4n) is 1.74. The SMILES string of the molecule is Cc1ccc(NS(=O)(=O)c2ccc(Cl)c(C(=O)O)c2)c(Br)c1. The molecule has 0 fully saturated rings. The number of sulfonamides is 1. The van der Waals surface area contributed by atoms with E-state index in [9.17, 15) is 13.2 Å². The van der Waals surface area contributed by atoms with Crippen molar-refractivity contribution >= 4 is 49.2 Å². The lowest BCUT2D eigenvalue weighted by Gasteiger charge is -2.11. The molecule has 22 heavy (non-hydrogen) atoms. The number of rotatable bonds is 4. The van der Waals surface area contributed by atoms with Crippen LogP contribution in [0.4, 0.5) is 5.69 Å². The van der Waals surface area contributed by atoms with Crippen molar-refractivity contribution in [2.24, 2.45) is 0 Å². The Labute approximate surface area is 141 Å². The minimum atomic E-state index is -3.92. The van der Waals surface area contributed by atoms with Crippen molar-refractivity contribution in [3.8, 4) is 0 Å². The van der Waals surface area contributed by atoms with Crippen molar-refractivity contribution in [2.75, 3.05) is 4.72 Å². The maximum absolute atomic E-state index is 12.4. The van der Waals surface area contributed by atoms with Gasteiger partial charge in [0.1, 0.15) is 0 Å². The monoisotopic (exact) mass is 403 g/mol. The number of halogens is 2. The molecule has 0 spiro atoms. The van der Waals surface area contributed by atoms with Crippen molar-refractivity contribution in [1.29, 1.82) is 0 Å². The second-order valence-corrected chi connectivity index (χ2v) is 7.48. The maximum atomic E-state index is 12.4. The van der Waals surface area contributed by atoms with Gasteiger partial charge in [0, 0.05) is 4.47 Å². The van der Waals surface area contributed by atoms with Crippen LogP contribution in [0.25, 0.3) is 0 Å². The number of anilines is 1. The Hall–Kier alpha value is -1.57. The molecule has 8 heteroatoms. The average molecular weight is 405 g/mol. The van der Waals surface area contributed by atoms with Crippen molar-refractivity contribution in [1.82, 2.24) is 0 Å². The zero-order valence-corrected chi connectivity index (χ0v) is 14.5. The molecule has 2 aromatic rings. The fourth-order valence-corrected chi connectivity index (χ4v) is 3.77. The standard InChI is InChI=1S/C14H11BrClNO4S/c1-8-2-5-13(11(15)6-8)17-22(20,21)9-3-4-12(16)10(7-9)14(18)19/h2-7,17H,1H3,(H,18,19). The van der Waals surface area contributed by atoms with Crippen LogP contribution < -0.4 is 4.72 Å². The molecule has 0 bridgehead atoms. The van der Waals surface area contributed by atoms with Crippen molar-refractivity contribution in [2.45, 2.75) is 11.8 Å². The molecule has 2 N–H and O–H groups in total. The molecule has 5 nitrogen and oxygen atoms in total. The van der Waals surface area contributed by atoms with E-state index in [1.807, 2.05) is 6.92 Å². The highest BCUT2D eigenvalue weighted by Gasteiger charge is 2.19. The van der Waals surface area contributed by atoms with E-state index < -0.39 is 16.0 Å². The summed E-state index contributed by atoms with van der Waals surface area (Å²) in [6.45, 7) is 1.88. The summed E-state index contributed by atoms with van der Waals surface area (Å²) in [6.07, 6.45) is 0. The van der Waals surface area contributed by atoms with E-state index in [0.29, 0.717) is 10.2 Å². The van der Waals surface area contributed by atoms with E-state index in [0.717, 1.165) is 11.6 Å². The van der Waals surface area contributed by atoms with Gasteiger partial charge in [-0.25, -0.2) is 13.2 Å². The van der Waals surface area contributed by atoms with E-state index >= 15 is 0 Å². The molecule has 0 unspecified atom stereocenters. The molecule has 0 atom stereocenters. The van der Waals surface area contributed by atoms with E-state index in [2.05, 4.69) is 20.7 Å². The van der Waals surface area contributed by atoms with Crippen molar-refractivity contribution in [3.05, 3.63) is 57.0 Å². The second kappa shape index (κ2) is 6.28. The molecule has 0 amide bonds.